The van der Waals surface area contributed by atoms with Crippen molar-refractivity contribution >= 4 is 34.8 Å². The monoisotopic (exact) mass is 323 g/mol. The summed E-state index contributed by atoms with van der Waals surface area (Å²) < 4.78 is 5.60. The van der Waals surface area contributed by atoms with E-state index in [4.69, 9.17) is 39.5 Å². The summed E-state index contributed by atoms with van der Waals surface area (Å²) in [6.45, 7) is 5.98. The molecule has 0 heterocycles. The molecule has 0 aliphatic carbocycles. The Morgan fingerprint density at radius 2 is 1.68 bits per heavy atom. The van der Waals surface area contributed by atoms with Crippen molar-refractivity contribution in [3.63, 3.8) is 0 Å². The molecule has 0 unspecified atom stereocenters. The Hall–Kier alpha value is -0.150. The van der Waals surface area contributed by atoms with Crippen molar-refractivity contribution in [1.29, 1.82) is 0 Å². The average Bonchev–Trinajstić information content (AvgIpc) is 2.33. The zero-order valence-corrected chi connectivity index (χ0v) is 13.6. The Labute approximate surface area is 130 Å². The van der Waals surface area contributed by atoms with Crippen molar-refractivity contribution in [3.05, 3.63) is 27.2 Å². The molecule has 0 bridgehead atoms. The van der Waals surface area contributed by atoms with Crippen LogP contribution in [0.3, 0.4) is 0 Å². The highest BCUT2D eigenvalue weighted by Crippen LogP contribution is 2.33. The van der Waals surface area contributed by atoms with Crippen LogP contribution in [0.4, 0.5) is 0 Å². The van der Waals surface area contributed by atoms with Crippen molar-refractivity contribution in [2.24, 2.45) is 0 Å². The first kappa shape index (κ1) is 16.9. The maximum Gasteiger partial charge on any atom is 0.139 e. The van der Waals surface area contributed by atoms with E-state index in [1.165, 1.54) is 0 Å². The van der Waals surface area contributed by atoms with Gasteiger partial charge in [0.2, 0.25) is 0 Å². The molecule has 108 valence electrons. The van der Waals surface area contributed by atoms with Gasteiger partial charge in [-0.1, -0.05) is 48.7 Å². The summed E-state index contributed by atoms with van der Waals surface area (Å²) in [5.41, 5.74) is 0. The Kier molecular flexibility index (Phi) is 7.93. The molecule has 1 N–H and O–H groups in total. The second-order valence-corrected chi connectivity index (χ2v) is 5.94. The summed E-state index contributed by atoms with van der Waals surface area (Å²) in [4.78, 5) is 0. The number of hydrogen-bond acceptors (Lipinski definition) is 2. The summed E-state index contributed by atoms with van der Waals surface area (Å²) >= 11 is 17.8. The highest BCUT2D eigenvalue weighted by atomic mass is 35.5. The fraction of sp³-hybridized carbons (Fsp3) is 0.571. The van der Waals surface area contributed by atoms with Gasteiger partial charge in [-0.05, 0) is 31.9 Å². The van der Waals surface area contributed by atoms with Crippen molar-refractivity contribution in [2.45, 2.75) is 39.2 Å². The predicted molar refractivity (Wildman–Crippen MR) is 84.0 cm³/mol. The Morgan fingerprint density at radius 1 is 1.00 bits per heavy atom. The molecule has 19 heavy (non-hydrogen) atoms. The molecule has 1 rings (SSSR count). The Balaban J connectivity index is 2.21. The van der Waals surface area contributed by atoms with Crippen LogP contribution in [-0.2, 0) is 0 Å². The summed E-state index contributed by atoms with van der Waals surface area (Å²) in [5, 5.41) is 4.78. The lowest BCUT2D eigenvalue weighted by Gasteiger charge is -2.10. The normalized spacial score (nSPS) is 11.1. The van der Waals surface area contributed by atoms with Crippen LogP contribution < -0.4 is 10.1 Å². The van der Waals surface area contributed by atoms with E-state index in [0.29, 0.717) is 33.5 Å². The van der Waals surface area contributed by atoms with Crippen LogP contribution in [0, 0.1) is 0 Å². The van der Waals surface area contributed by atoms with Gasteiger partial charge in [0.25, 0.3) is 0 Å². The van der Waals surface area contributed by atoms with Gasteiger partial charge in [0.15, 0.2) is 0 Å². The summed E-state index contributed by atoms with van der Waals surface area (Å²) in [6, 6.07) is 3.81. The van der Waals surface area contributed by atoms with Gasteiger partial charge in [0.1, 0.15) is 5.75 Å². The SMILES string of the molecule is CC(C)NCCCCCOc1cc(Cl)c(Cl)cc1Cl. The zero-order valence-electron chi connectivity index (χ0n) is 11.3. The second-order valence-electron chi connectivity index (χ2n) is 4.71. The lowest BCUT2D eigenvalue weighted by atomic mass is 10.2. The third-order valence-corrected chi connectivity index (χ3v) is 3.62. The Bertz CT molecular complexity index is 397. The molecule has 0 spiro atoms. The second kappa shape index (κ2) is 8.91. The van der Waals surface area contributed by atoms with Crippen LogP contribution in [0.5, 0.6) is 5.75 Å². The van der Waals surface area contributed by atoms with Gasteiger partial charge in [0, 0.05) is 12.1 Å². The smallest absolute Gasteiger partial charge is 0.139 e. The quantitative estimate of drug-likeness (QED) is 0.524. The van der Waals surface area contributed by atoms with Crippen LogP contribution in [0.25, 0.3) is 0 Å². The maximum atomic E-state index is 6.02. The van der Waals surface area contributed by atoms with Gasteiger partial charge < -0.3 is 10.1 Å². The fourth-order valence-corrected chi connectivity index (χ4v) is 2.18. The Morgan fingerprint density at radius 3 is 2.37 bits per heavy atom. The number of nitrogens with one attached hydrogen (secondary N) is 1. The molecule has 0 fully saturated rings. The minimum Gasteiger partial charge on any atom is -0.492 e. The van der Waals surface area contributed by atoms with Gasteiger partial charge in [-0.25, -0.2) is 0 Å². The highest BCUT2D eigenvalue weighted by molar-refractivity contribution is 6.43. The topological polar surface area (TPSA) is 21.3 Å². The van der Waals surface area contributed by atoms with E-state index < -0.39 is 0 Å². The highest BCUT2D eigenvalue weighted by Gasteiger charge is 2.06. The van der Waals surface area contributed by atoms with Crippen molar-refractivity contribution in [1.82, 2.24) is 5.32 Å². The minimum atomic E-state index is 0.443. The molecule has 1 aromatic rings. The number of hydrogen-bond donors (Lipinski definition) is 1. The van der Waals surface area contributed by atoms with Crippen molar-refractivity contribution in [3.8, 4) is 5.75 Å². The van der Waals surface area contributed by atoms with Gasteiger partial charge in [-0.3, -0.25) is 0 Å². The van der Waals surface area contributed by atoms with Crippen LogP contribution in [0.2, 0.25) is 15.1 Å². The summed E-state index contributed by atoms with van der Waals surface area (Å²) in [6.07, 6.45) is 3.27. The molecular formula is C14H20Cl3NO. The van der Waals surface area contributed by atoms with E-state index in [1.54, 1.807) is 12.1 Å². The molecule has 0 radical (unpaired) electrons. The van der Waals surface area contributed by atoms with E-state index in [0.717, 1.165) is 25.8 Å². The van der Waals surface area contributed by atoms with Gasteiger partial charge in [-0.2, -0.15) is 0 Å². The molecular weight excluding hydrogens is 305 g/mol. The van der Waals surface area contributed by atoms with Crippen LogP contribution in [-0.4, -0.2) is 19.2 Å². The van der Waals surface area contributed by atoms with Crippen LogP contribution in [0.1, 0.15) is 33.1 Å². The molecule has 2 nitrogen and oxygen atoms in total. The summed E-state index contributed by atoms with van der Waals surface area (Å²) in [5.74, 6) is 0.594. The fourth-order valence-electron chi connectivity index (χ4n) is 1.59. The van der Waals surface area contributed by atoms with Crippen LogP contribution >= 0.6 is 34.8 Å². The largest absolute Gasteiger partial charge is 0.492 e. The maximum absolute atomic E-state index is 6.02. The lowest BCUT2D eigenvalue weighted by Crippen LogP contribution is -2.23. The standard InChI is InChI=1S/C14H20Cl3NO/c1-10(2)18-6-4-3-5-7-19-14-9-12(16)11(15)8-13(14)17/h8-10,18H,3-7H2,1-2H3. The number of halogens is 3. The zero-order chi connectivity index (χ0) is 14.3. The minimum absolute atomic E-state index is 0.443. The first-order valence-corrected chi connectivity index (χ1v) is 7.65. The number of benzene rings is 1. The molecule has 0 amide bonds. The molecule has 0 saturated carbocycles. The summed E-state index contributed by atoms with van der Waals surface area (Å²) in [7, 11) is 0. The van der Waals surface area contributed by atoms with Gasteiger partial charge >= 0.3 is 0 Å². The third kappa shape index (κ3) is 6.71. The molecule has 0 atom stereocenters. The predicted octanol–water partition coefficient (Wildman–Crippen LogP) is 5.19. The first-order chi connectivity index (χ1) is 9.00. The third-order valence-electron chi connectivity index (χ3n) is 2.61. The van der Waals surface area contributed by atoms with Gasteiger partial charge in [-0.15, -0.1) is 0 Å². The molecule has 0 aliphatic heterocycles. The van der Waals surface area contributed by atoms with Gasteiger partial charge in [0.05, 0.1) is 21.7 Å². The van der Waals surface area contributed by atoms with E-state index in [9.17, 15) is 0 Å². The van der Waals surface area contributed by atoms with E-state index in [1.807, 2.05) is 0 Å². The lowest BCUT2D eigenvalue weighted by molar-refractivity contribution is 0.305. The molecule has 0 aromatic heterocycles. The van der Waals surface area contributed by atoms with Crippen molar-refractivity contribution < 1.29 is 4.74 Å². The van der Waals surface area contributed by atoms with Crippen molar-refractivity contribution in [2.75, 3.05) is 13.2 Å². The molecule has 0 aliphatic rings. The number of unbranched alkanes of at least 4 members (excludes halogenated alkanes) is 2. The van der Waals surface area contributed by atoms with Crippen LogP contribution in [0.15, 0.2) is 12.1 Å². The van der Waals surface area contributed by atoms with E-state index in [-0.39, 0.29) is 0 Å². The number of ether oxygens (including phenoxy) is 1. The average molecular weight is 325 g/mol. The molecule has 1 aromatic carbocycles. The molecule has 5 heteroatoms. The number of rotatable bonds is 8. The van der Waals surface area contributed by atoms with E-state index in [2.05, 4.69) is 19.2 Å². The molecule has 0 saturated heterocycles. The first-order valence-electron chi connectivity index (χ1n) is 6.51. The van der Waals surface area contributed by atoms with E-state index >= 15 is 0 Å².